The van der Waals surface area contributed by atoms with Gasteiger partial charge in [0.1, 0.15) is 0 Å². The normalized spacial score (nSPS) is 14.9. The van der Waals surface area contributed by atoms with Crippen molar-refractivity contribution < 1.29 is 45.5 Å². The molecule has 1 unspecified atom stereocenters. The predicted octanol–water partition coefficient (Wildman–Crippen LogP) is -0.931. The summed E-state index contributed by atoms with van der Waals surface area (Å²) in [5.74, 6) is 0.0396. The van der Waals surface area contributed by atoms with Crippen LogP contribution in [0.3, 0.4) is 0 Å². The van der Waals surface area contributed by atoms with E-state index in [0.717, 1.165) is 17.7 Å². The third-order valence-electron chi connectivity index (χ3n) is 4.74. The van der Waals surface area contributed by atoms with Crippen molar-refractivity contribution in [1.82, 2.24) is 4.98 Å². The predicted molar refractivity (Wildman–Crippen MR) is 94.1 cm³/mol. The molecule has 1 nitrogen and oxygen atoms in total. The molecule has 1 atom stereocenters. The fourth-order valence-corrected chi connectivity index (χ4v) is 4.13. The van der Waals surface area contributed by atoms with Gasteiger partial charge in [-0.3, -0.25) is 0 Å². The van der Waals surface area contributed by atoms with E-state index in [4.69, 9.17) is 0 Å². The van der Waals surface area contributed by atoms with E-state index in [1.165, 1.54) is 27.2 Å². The average Bonchev–Trinajstić information content (AvgIpc) is 2.90. The second kappa shape index (κ2) is 9.53. The van der Waals surface area contributed by atoms with E-state index in [2.05, 4.69) is 45.5 Å². The summed E-state index contributed by atoms with van der Waals surface area (Å²) in [6, 6.07) is 21.5. The van der Waals surface area contributed by atoms with Crippen molar-refractivity contribution in [1.29, 1.82) is 0 Å². The first-order valence-electron chi connectivity index (χ1n) is 8.36. The molecule has 137 valence electrons. The number of benzene rings is 2. The zero-order chi connectivity index (χ0) is 17.2. The minimum absolute atomic E-state index is 0. The van der Waals surface area contributed by atoms with Crippen LogP contribution in [-0.2, 0) is 29.1 Å². The van der Waals surface area contributed by atoms with E-state index in [9.17, 15) is 4.39 Å². The fourth-order valence-electron chi connectivity index (χ4n) is 3.51. The number of hydrogen-bond acceptors (Lipinski definition) is 1. The van der Waals surface area contributed by atoms with Crippen molar-refractivity contribution in [3.05, 3.63) is 106 Å². The largest absolute Gasteiger partial charge is 1.00 e. The van der Waals surface area contributed by atoms with Gasteiger partial charge in [-0.05, 0) is 0 Å². The topological polar surface area (TPSA) is 12.9 Å². The van der Waals surface area contributed by atoms with E-state index < -0.39 is 0 Å². The van der Waals surface area contributed by atoms with Crippen molar-refractivity contribution in [2.24, 2.45) is 0 Å². The van der Waals surface area contributed by atoms with E-state index >= 15 is 0 Å². The average molecular weight is 437 g/mol. The summed E-state index contributed by atoms with van der Waals surface area (Å²) in [6.45, 7) is 0. The summed E-state index contributed by atoms with van der Waals surface area (Å²) in [4.78, 5) is 4.46. The molecule has 0 aliphatic heterocycles. The van der Waals surface area contributed by atoms with Crippen LogP contribution in [0.25, 0.3) is 5.57 Å². The summed E-state index contributed by atoms with van der Waals surface area (Å²) in [5, 5.41) is 0. The SMILES string of the molecule is Fc1ccccc1CC1[C]([Cr+2])=C(Cc2ccccn2)c2ccccc21.[Cl-].[Cl-]. The zero-order valence-corrected chi connectivity index (χ0v) is 17.2. The van der Waals surface area contributed by atoms with Crippen LogP contribution in [0, 0.1) is 5.82 Å². The molecule has 0 radical (unpaired) electrons. The minimum atomic E-state index is -0.133. The standard InChI is InChI=1S/C22H17FN.2ClH.Cr/c23-22-11-4-1-7-16(22)13-17-14-18(15-19-8-5-6-12-24-19)21-10-3-2-9-20(17)21;;;/h1-12,17H,13,15H2;2*1H;/q;;;+2/p-2. The van der Waals surface area contributed by atoms with Crippen LogP contribution in [0.5, 0.6) is 0 Å². The summed E-state index contributed by atoms with van der Waals surface area (Å²) in [5.41, 5.74) is 5.60. The molecule has 0 spiro atoms. The van der Waals surface area contributed by atoms with Crippen molar-refractivity contribution in [3.63, 3.8) is 0 Å². The molecule has 2 aromatic carbocycles. The third-order valence-corrected chi connectivity index (χ3v) is 5.57. The Kier molecular flexibility index (Phi) is 7.65. The van der Waals surface area contributed by atoms with Gasteiger partial charge in [-0.1, -0.05) is 0 Å². The van der Waals surface area contributed by atoms with Crippen molar-refractivity contribution in [2.75, 3.05) is 0 Å². The maximum absolute atomic E-state index is 14.2. The van der Waals surface area contributed by atoms with Crippen LogP contribution in [0.4, 0.5) is 4.39 Å². The van der Waals surface area contributed by atoms with Crippen LogP contribution >= 0.6 is 0 Å². The van der Waals surface area contributed by atoms with Gasteiger partial charge in [-0.2, -0.15) is 0 Å². The molecule has 1 aliphatic carbocycles. The number of pyridine rings is 1. The maximum atomic E-state index is 14.2. The number of aromatic nitrogens is 1. The number of allylic oxidation sites excluding steroid dienone is 2. The van der Waals surface area contributed by atoms with Gasteiger partial charge in [-0.15, -0.1) is 0 Å². The van der Waals surface area contributed by atoms with Gasteiger partial charge in [0.2, 0.25) is 0 Å². The van der Waals surface area contributed by atoms with Crippen LogP contribution < -0.4 is 24.8 Å². The Hall–Kier alpha value is -1.63. The van der Waals surface area contributed by atoms with Crippen molar-refractivity contribution >= 4 is 5.57 Å². The van der Waals surface area contributed by atoms with Gasteiger partial charge >= 0.3 is 156 Å². The van der Waals surface area contributed by atoms with Crippen molar-refractivity contribution in [3.8, 4) is 0 Å². The van der Waals surface area contributed by atoms with Gasteiger partial charge < -0.3 is 24.8 Å². The van der Waals surface area contributed by atoms with Crippen LogP contribution in [0.15, 0.2) is 77.4 Å². The second-order valence-corrected chi connectivity index (χ2v) is 6.96. The van der Waals surface area contributed by atoms with Gasteiger partial charge in [0.25, 0.3) is 0 Å². The quantitative estimate of drug-likeness (QED) is 0.514. The van der Waals surface area contributed by atoms with E-state index in [1.807, 2.05) is 36.5 Å². The van der Waals surface area contributed by atoms with Gasteiger partial charge in [0.15, 0.2) is 0 Å². The molecule has 3 aromatic rings. The Balaban J connectivity index is 0.00000131. The summed E-state index contributed by atoms with van der Waals surface area (Å²) in [6.07, 6.45) is 3.28. The molecule has 0 N–H and O–H groups in total. The summed E-state index contributed by atoms with van der Waals surface area (Å²) >= 11 is 3.28. The molecule has 0 amide bonds. The Bertz CT molecular complexity index is 944. The summed E-state index contributed by atoms with van der Waals surface area (Å²) < 4.78 is 15.4. The molecular weight excluding hydrogens is 420 g/mol. The molecule has 4 rings (SSSR count). The van der Waals surface area contributed by atoms with E-state index in [0.29, 0.717) is 6.42 Å². The second-order valence-electron chi connectivity index (χ2n) is 6.28. The van der Waals surface area contributed by atoms with Crippen LogP contribution in [0.1, 0.15) is 28.3 Å². The molecule has 5 heteroatoms. The van der Waals surface area contributed by atoms with Crippen LogP contribution in [-0.4, -0.2) is 4.98 Å². The number of fused-ring (bicyclic) bond motifs is 1. The number of nitrogens with zero attached hydrogens (tertiary/aromatic N) is 1. The minimum Gasteiger partial charge on any atom is -1.00 e. The first-order chi connectivity index (χ1) is 12.2. The Morgan fingerprint density at radius 3 is 2.33 bits per heavy atom. The van der Waals surface area contributed by atoms with Gasteiger partial charge in [0, 0.05) is 0 Å². The smallest absolute Gasteiger partial charge is 1.00 e. The van der Waals surface area contributed by atoms with Crippen molar-refractivity contribution in [2.45, 2.75) is 18.8 Å². The molecule has 0 fully saturated rings. The summed E-state index contributed by atoms with van der Waals surface area (Å²) in [7, 11) is 0. The molecular formula is C22H17Cl2CrFN. The van der Waals surface area contributed by atoms with Gasteiger partial charge in [0.05, 0.1) is 0 Å². The number of halogens is 3. The molecule has 1 aliphatic rings. The molecule has 1 heterocycles. The molecule has 0 bridgehead atoms. The number of hydrogen-bond donors (Lipinski definition) is 0. The molecule has 27 heavy (non-hydrogen) atoms. The monoisotopic (exact) mass is 436 g/mol. The van der Waals surface area contributed by atoms with E-state index in [1.54, 1.807) is 6.07 Å². The first-order valence-corrected chi connectivity index (χ1v) is 9.00. The van der Waals surface area contributed by atoms with Crippen LogP contribution in [0.2, 0.25) is 0 Å². The van der Waals surface area contributed by atoms with E-state index in [-0.39, 0.29) is 36.5 Å². The Labute approximate surface area is 180 Å². The molecule has 0 saturated carbocycles. The first kappa shape index (κ1) is 21.7. The zero-order valence-electron chi connectivity index (χ0n) is 14.4. The fraction of sp³-hybridized carbons (Fsp3) is 0.136. The Morgan fingerprint density at radius 1 is 0.889 bits per heavy atom. The Morgan fingerprint density at radius 2 is 1.59 bits per heavy atom. The maximum Gasteiger partial charge on any atom is -1.00 e. The number of rotatable bonds is 4. The third kappa shape index (κ3) is 4.45. The molecule has 1 aromatic heterocycles. The van der Waals surface area contributed by atoms with Gasteiger partial charge in [-0.25, -0.2) is 0 Å². The molecule has 0 saturated heterocycles.